The SMILES string of the molecule is COc1c(C)cccc1C(=O)Nc1cccc(N2C(=O)c3ccccc3C2=O)c1. The highest BCUT2D eigenvalue weighted by molar-refractivity contribution is 6.34. The van der Waals surface area contributed by atoms with Crippen molar-refractivity contribution < 1.29 is 19.1 Å². The van der Waals surface area contributed by atoms with Crippen LogP contribution in [0.25, 0.3) is 0 Å². The van der Waals surface area contributed by atoms with Crippen LogP contribution in [0.15, 0.2) is 66.7 Å². The van der Waals surface area contributed by atoms with E-state index in [-0.39, 0.29) is 17.7 Å². The maximum atomic E-state index is 12.7. The number of hydrogen-bond donors (Lipinski definition) is 1. The molecule has 0 aromatic heterocycles. The van der Waals surface area contributed by atoms with E-state index in [1.165, 1.54) is 7.11 Å². The van der Waals surface area contributed by atoms with Crippen LogP contribution in [0.3, 0.4) is 0 Å². The Morgan fingerprint density at radius 3 is 2.21 bits per heavy atom. The Bertz CT molecular complexity index is 1120. The Labute approximate surface area is 167 Å². The molecule has 1 N–H and O–H groups in total. The summed E-state index contributed by atoms with van der Waals surface area (Å²) in [7, 11) is 1.52. The summed E-state index contributed by atoms with van der Waals surface area (Å²) in [5.74, 6) is -0.601. The smallest absolute Gasteiger partial charge is 0.266 e. The van der Waals surface area contributed by atoms with Crippen LogP contribution in [-0.4, -0.2) is 24.8 Å². The number of para-hydroxylation sites is 1. The fourth-order valence-corrected chi connectivity index (χ4v) is 3.45. The number of aryl methyl sites for hydroxylation is 1. The summed E-state index contributed by atoms with van der Waals surface area (Å²) in [6, 6.07) is 18.7. The van der Waals surface area contributed by atoms with Crippen LogP contribution in [0.2, 0.25) is 0 Å². The van der Waals surface area contributed by atoms with Gasteiger partial charge in [0.25, 0.3) is 17.7 Å². The molecule has 0 radical (unpaired) electrons. The van der Waals surface area contributed by atoms with E-state index in [2.05, 4.69) is 5.32 Å². The number of nitrogens with one attached hydrogen (secondary N) is 1. The number of anilines is 2. The van der Waals surface area contributed by atoms with Gasteiger partial charge in [0.2, 0.25) is 0 Å². The minimum Gasteiger partial charge on any atom is -0.496 e. The zero-order chi connectivity index (χ0) is 20.5. The van der Waals surface area contributed by atoms with Gasteiger partial charge in [-0.15, -0.1) is 0 Å². The molecule has 1 aliphatic rings. The number of carbonyl (C=O) groups excluding carboxylic acids is 3. The van der Waals surface area contributed by atoms with Gasteiger partial charge in [-0.3, -0.25) is 14.4 Å². The fraction of sp³-hybridized carbons (Fsp3) is 0.0870. The van der Waals surface area contributed by atoms with Crippen LogP contribution in [0.1, 0.15) is 36.6 Å². The molecule has 6 heteroatoms. The van der Waals surface area contributed by atoms with Crippen molar-refractivity contribution in [3.63, 3.8) is 0 Å². The third-order valence-electron chi connectivity index (χ3n) is 4.82. The van der Waals surface area contributed by atoms with E-state index < -0.39 is 0 Å². The number of nitrogens with zero attached hydrogens (tertiary/aromatic N) is 1. The second-order valence-corrected chi connectivity index (χ2v) is 6.65. The van der Waals surface area contributed by atoms with Gasteiger partial charge in [-0.05, 0) is 48.9 Å². The van der Waals surface area contributed by atoms with Gasteiger partial charge in [-0.25, -0.2) is 4.90 Å². The Kier molecular flexibility index (Phi) is 4.60. The number of benzene rings is 3. The topological polar surface area (TPSA) is 75.7 Å². The minimum atomic E-state index is -0.380. The van der Waals surface area contributed by atoms with Crippen LogP contribution in [0.4, 0.5) is 11.4 Å². The van der Waals surface area contributed by atoms with Crippen LogP contribution in [0.5, 0.6) is 5.75 Å². The first kappa shape index (κ1) is 18.4. The van der Waals surface area contributed by atoms with Crippen molar-refractivity contribution in [2.24, 2.45) is 0 Å². The van der Waals surface area contributed by atoms with Crippen molar-refractivity contribution >= 4 is 29.1 Å². The molecule has 0 fully saturated rings. The molecule has 4 rings (SSSR count). The summed E-state index contributed by atoms with van der Waals surface area (Å²) in [6.45, 7) is 1.86. The second-order valence-electron chi connectivity index (χ2n) is 6.65. The van der Waals surface area contributed by atoms with Crippen molar-refractivity contribution in [3.05, 3.63) is 89.0 Å². The number of hydrogen-bond acceptors (Lipinski definition) is 4. The lowest BCUT2D eigenvalue weighted by molar-refractivity contribution is 0.0925. The first-order valence-electron chi connectivity index (χ1n) is 9.04. The second kappa shape index (κ2) is 7.24. The van der Waals surface area contributed by atoms with Gasteiger partial charge in [-0.2, -0.15) is 0 Å². The molecular weight excluding hydrogens is 368 g/mol. The molecule has 3 amide bonds. The molecule has 1 aliphatic heterocycles. The Morgan fingerprint density at radius 1 is 0.897 bits per heavy atom. The molecule has 0 atom stereocenters. The quantitative estimate of drug-likeness (QED) is 0.686. The van der Waals surface area contributed by atoms with E-state index in [0.29, 0.717) is 33.8 Å². The maximum absolute atomic E-state index is 12.7. The van der Waals surface area contributed by atoms with E-state index in [4.69, 9.17) is 4.74 Å². The Morgan fingerprint density at radius 2 is 1.55 bits per heavy atom. The molecule has 0 bridgehead atoms. The average molecular weight is 386 g/mol. The molecule has 1 heterocycles. The first-order valence-corrected chi connectivity index (χ1v) is 9.04. The first-order chi connectivity index (χ1) is 14.0. The Hall–Kier alpha value is -3.93. The van der Waals surface area contributed by atoms with Crippen LogP contribution in [0, 0.1) is 6.92 Å². The van der Waals surface area contributed by atoms with Gasteiger partial charge in [-0.1, -0.05) is 30.3 Å². The number of amides is 3. The minimum absolute atomic E-state index is 0.343. The predicted molar refractivity (Wildman–Crippen MR) is 110 cm³/mol. The maximum Gasteiger partial charge on any atom is 0.266 e. The molecular formula is C23H18N2O4. The monoisotopic (exact) mass is 386 g/mol. The number of carbonyl (C=O) groups is 3. The lowest BCUT2D eigenvalue weighted by Gasteiger charge is -2.16. The lowest BCUT2D eigenvalue weighted by atomic mass is 10.1. The van der Waals surface area contributed by atoms with Gasteiger partial charge in [0.15, 0.2) is 0 Å². The van der Waals surface area contributed by atoms with Crippen molar-refractivity contribution in [2.45, 2.75) is 6.92 Å². The summed E-state index contributed by atoms with van der Waals surface area (Å²) >= 11 is 0. The number of rotatable bonds is 4. The standard InChI is InChI=1S/C23H18N2O4/c1-14-7-5-12-19(20(14)29-2)21(26)24-15-8-6-9-16(13-15)25-22(27)17-10-3-4-11-18(17)23(25)28/h3-13H,1-2H3,(H,24,26). The van der Waals surface area contributed by atoms with E-state index in [1.807, 2.05) is 13.0 Å². The van der Waals surface area contributed by atoms with Gasteiger partial charge >= 0.3 is 0 Å². The van der Waals surface area contributed by atoms with Crippen molar-refractivity contribution in [1.82, 2.24) is 0 Å². The average Bonchev–Trinajstić information content (AvgIpc) is 2.98. The molecule has 0 saturated heterocycles. The molecule has 6 nitrogen and oxygen atoms in total. The van der Waals surface area contributed by atoms with E-state index in [1.54, 1.807) is 60.7 Å². The highest BCUT2D eigenvalue weighted by Crippen LogP contribution is 2.30. The Balaban J connectivity index is 1.63. The van der Waals surface area contributed by atoms with Crippen molar-refractivity contribution in [1.29, 1.82) is 0 Å². The highest BCUT2D eigenvalue weighted by atomic mass is 16.5. The number of ether oxygens (including phenoxy) is 1. The normalized spacial score (nSPS) is 12.7. The summed E-state index contributed by atoms with van der Waals surface area (Å²) in [4.78, 5) is 39.2. The molecule has 29 heavy (non-hydrogen) atoms. The third kappa shape index (κ3) is 3.14. The molecule has 3 aromatic rings. The van der Waals surface area contributed by atoms with Gasteiger partial charge in [0.05, 0.1) is 29.5 Å². The zero-order valence-corrected chi connectivity index (χ0v) is 15.9. The fourth-order valence-electron chi connectivity index (χ4n) is 3.45. The van der Waals surface area contributed by atoms with Crippen LogP contribution < -0.4 is 15.0 Å². The van der Waals surface area contributed by atoms with E-state index >= 15 is 0 Å². The van der Waals surface area contributed by atoms with Crippen molar-refractivity contribution in [2.75, 3.05) is 17.3 Å². The number of methoxy groups -OCH3 is 1. The third-order valence-corrected chi connectivity index (χ3v) is 4.82. The molecule has 3 aromatic carbocycles. The van der Waals surface area contributed by atoms with Gasteiger partial charge < -0.3 is 10.1 Å². The summed E-state index contributed by atoms with van der Waals surface area (Å²) in [5, 5.41) is 2.81. The zero-order valence-electron chi connectivity index (χ0n) is 15.9. The van der Waals surface area contributed by atoms with Crippen molar-refractivity contribution in [3.8, 4) is 5.75 Å². The molecule has 0 spiro atoms. The predicted octanol–water partition coefficient (Wildman–Crippen LogP) is 4.06. The molecule has 144 valence electrons. The summed E-state index contributed by atoms with van der Waals surface area (Å²) < 4.78 is 5.35. The number of fused-ring (bicyclic) bond motifs is 1. The number of imide groups is 1. The van der Waals surface area contributed by atoms with Crippen LogP contribution >= 0.6 is 0 Å². The van der Waals surface area contributed by atoms with Crippen LogP contribution in [-0.2, 0) is 0 Å². The highest BCUT2D eigenvalue weighted by Gasteiger charge is 2.36. The summed E-state index contributed by atoms with van der Waals surface area (Å²) in [5.41, 5.74) is 2.85. The molecule has 0 saturated carbocycles. The largest absolute Gasteiger partial charge is 0.496 e. The molecule has 0 aliphatic carbocycles. The van der Waals surface area contributed by atoms with Gasteiger partial charge in [0, 0.05) is 5.69 Å². The van der Waals surface area contributed by atoms with E-state index in [9.17, 15) is 14.4 Å². The lowest BCUT2D eigenvalue weighted by Crippen LogP contribution is -2.29. The van der Waals surface area contributed by atoms with Gasteiger partial charge in [0.1, 0.15) is 5.75 Å². The molecule has 0 unspecified atom stereocenters. The summed E-state index contributed by atoms with van der Waals surface area (Å²) in [6.07, 6.45) is 0. The van der Waals surface area contributed by atoms with E-state index in [0.717, 1.165) is 10.5 Å².